The minimum Gasteiger partial charge on any atom is -0.507 e. The molecule has 0 heterocycles. The molecule has 0 saturated heterocycles. The number of carboxylic acid groups (broad SMARTS) is 2. The third kappa shape index (κ3) is 26.1. The molecule has 0 bridgehead atoms. The van der Waals surface area contributed by atoms with Crippen LogP contribution in [0.2, 0.25) is 0 Å². The Labute approximate surface area is 477 Å². The lowest BCUT2D eigenvalue weighted by molar-refractivity contribution is -0.122. The largest absolute Gasteiger partial charge is 0.507 e. The predicted octanol–water partition coefficient (Wildman–Crippen LogP) is 12.1. The molecule has 9 N–H and O–H groups in total. The Bertz CT molecular complexity index is 3060. The molecule has 0 aromatic heterocycles. The van der Waals surface area contributed by atoms with Gasteiger partial charge in [-0.15, -0.1) is 6.58 Å². The SMILES string of the molecule is C=CCc1ccc(O)c(OC)c1.COc1cc(/C=C/C(=O)CC(=O)/C=C/c2ccc(O)c(OC)c2)ccc1O.COc1cc(CCC(=O)CCCC/C=C/C(C)C)ccc1O.O=C(O)c1ccc(O)c(O)c1.O=C(O)c1ccccc1O. The van der Waals surface area contributed by atoms with Gasteiger partial charge in [0.1, 0.15) is 17.1 Å². The molecule has 18 heteroatoms. The molecule has 0 aliphatic heterocycles. The summed E-state index contributed by atoms with van der Waals surface area (Å²) in [4.78, 5) is 56.3. The smallest absolute Gasteiger partial charge is 0.339 e. The number of aryl methyl sites for hydroxylation is 1. The molecule has 436 valence electrons. The number of ether oxygens (including phenoxy) is 4. The second-order valence-corrected chi connectivity index (χ2v) is 17.9. The molecule has 6 rings (SSSR count). The van der Waals surface area contributed by atoms with Gasteiger partial charge in [0.2, 0.25) is 0 Å². The van der Waals surface area contributed by atoms with Gasteiger partial charge in [0.05, 0.1) is 40.4 Å². The topological polar surface area (TPSA) is 304 Å². The first-order valence-electron chi connectivity index (χ1n) is 25.5. The zero-order valence-corrected chi connectivity index (χ0v) is 46.7. The summed E-state index contributed by atoms with van der Waals surface area (Å²) in [6.45, 7) is 7.96. The fourth-order valence-electron chi connectivity index (χ4n) is 6.83. The van der Waals surface area contributed by atoms with Gasteiger partial charge < -0.3 is 64.9 Å². The Morgan fingerprint density at radius 3 is 1.44 bits per heavy atom. The number of carbonyl (C=O) groups is 5. The molecule has 6 aromatic carbocycles. The number of para-hydroxylation sites is 1. The minimum absolute atomic E-state index is 0.00662. The summed E-state index contributed by atoms with van der Waals surface area (Å²) in [7, 11) is 5.93. The highest BCUT2D eigenvalue weighted by Gasteiger charge is 2.10. The second kappa shape index (κ2) is 37.0. The summed E-state index contributed by atoms with van der Waals surface area (Å²) in [5, 5.41) is 81.2. The quantitative estimate of drug-likeness (QED) is 0.00947. The van der Waals surface area contributed by atoms with E-state index in [9.17, 15) is 44.4 Å². The highest BCUT2D eigenvalue weighted by molar-refractivity contribution is 6.11. The number of phenols is 7. The number of carboxylic acids is 2. The first-order chi connectivity index (χ1) is 39.0. The van der Waals surface area contributed by atoms with Crippen molar-refractivity contribution in [3.8, 4) is 63.2 Å². The fraction of sp³-hybridized carbons (Fsp3) is 0.234. The molecule has 0 atom stereocenters. The Morgan fingerprint density at radius 1 is 0.512 bits per heavy atom. The van der Waals surface area contributed by atoms with Crippen molar-refractivity contribution in [2.45, 2.75) is 65.2 Å². The van der Waals surface area contributed by atoms with Crippen LogP contribution in [-0.2, 0) is 27.2 Å². The molecule has 0 unspecified atom stereocenters. The van der Waals surface area contributed by atoms with Crippen molar-refractivity contribution in [2.75, 3.05) is 28.4 Å². The molecule has 0 spiro atoms. The molecule has 0 aliphatic rings. The number of aromatic carboxylic acids is 2. The van der Waals surface area contributed by atoms with E-state index in [1.807, 2.05) is 18.2 Å². The number of hydrogen-bond acceptors (Lipinski definition) is 16. The van der Waals surface area contributed by atoms with Gasteiger partial charge in [-0.3, -0.25) is 14.4 Å². The van der Waals surface area contributed by atoms with Crippen LogP contribution in [0.25, 0.3) is 12.2 Å². The first kappa shape index (κ1) is 68.1. The third-order valence-electron chi connectivity index (χ3n) is 11.2. The van der Waals surface area contributed by atoms with Crippen molar-refractivity contribution in [3.63, 3.8) is 0 Å². The molecule has 0 saturated carbocycles. The number of Topliss-reactive ketones (excluding diaryl/α,β-unsaturated/α-hetero) is 1. The van der Waals surface area contributed by atoms with E-state index in [1.54, 1.807) is 72.8 Å². The maximum atomic E-state index is 11.9. The van der Waals surface area contributed by atoms with Crippen molar-refractivity contribution >= 4 is 41.4 Å². The van der Waals surface area contributed by atoms with Crippen molar-refractivity contribution in [1.82, 2.24) is 0 Å². The van der Waals surface area contributed by atoms with Gasteiger partial charge in [-0.1, -0.05) is 80.6 Å². The number of carbonyl (C=O) groups excluding carboxylic acids is 3. The van der Waals surface area contributed by atoms with E-state index < -0.39 is 17.7 Å². The van der Waals surface area contributed by atoms with Crippen LogP contribution in [0.3, 0.4) is 0 Å². The van der Waals surface area contributed by atoms with E-state index in [1.165, 1.54) is 70.9 Å². The van der Waals surface area contributed by atoms with Gasteiger partial charge in [-0.25, -0.2) is 9.59 Å². The van der Waals surface area contributed by atoms with Gasteiger partial charge in [-0.2, -0.15) is 0 Å². The summed E-state index contributed by atoms with van der Waals surface area (Å²) < 4.78 is 20.0. The molecule has 18 nitrogen and oxygen atoms in total. The average molecular weight is 1130 g/mol. The number of benzene rings is 6. The number of unbranched alkanes of at least 4 members (excludes halogenated alkanes) is 2. The van der Waals surface area contributed by atoms with Gasteiger partial charge in [0.25, 0.3) is 0 Å². The standard InChI is InChI=1S/C21H20O6.C19H28O3.C10H12O2.C7H6O4.C7H6O3/c1-26-20-11-14(5-9-18(20)24)3-7-16(22)13-17(23)8-4-15-6-10-19(25)21(12-15)27-2;1-15(2)8-6-4-5-7-9-17(20)12-10-16-11-13-18(21)19(14-16)22-3;1-3-4-8-5-6-9(11)10(7-8)12-2;8-5-2-1-4(7(10)11)3-6(5)9;8-6-4-2-1-3-5(6)7(9)10/h3-12,24-25H,13H2,1-2H3;6,8,11,13-15,21H,4-5,7,9-10,12H2,1-3H3;3,5-7,11H,1,4H2,2H3;1-3,8-9H,(H,10,11);1-4,8H,(H,9,10)/b7-3+,8-4+;8-6+;;;. The zero-order valence-electron chi connectivity index (χ0n) is 46.7. The van der Waals surface area contributed by atoms with Gasteiger partial charge >= 0.3 is 11.9 Å². The summed E-state index contributed by atoms with van der Waals surface area (Å²) in [6.07, 6.45) is 17.4. The Hall–Kier alpha value is -9.97. The molecule has 0 aliphatic carbocycles. The lowest BCUT2D eigenvalue weighted by Gasteiger charge is -2.06. The number of rotatable bonds is 23. The summed E-state index contributed by atoms with van der Waals surface area (Å²) in [6, 6.07) is 29.0. The van der Waals surface area contributed by atoms with E-state index in [2.05, 4.69) is 32.6 Å². The molecule has 82 heavy (non-hydrogen) atoms. The maximum absolute atomic E-state index is 11.9. The van der Waals surface area contributed by atoms with Crippen LogP contribution in [0.5, 0.6) is 63.2 Å². The lowest BCUT2D eigenvalue weighted by atomic mass is 10.0. The average Bonchev–Trinajstić information content (AvgIpc) is 3.45. The zero-order chi connectivity index (χ0) is 61.1. The van der Waals surface area contributed by atoms with E-state index in [4.69, 9.17) is 44.5 Å². The van der Waals surface area contributed by atoms with Crippen molar-refractivity contribution in [1.29, 1.82) is 0 Å². The molecule has 6 aromatic rings. The first-order valence-corrected chi connectivity index (χ1v) is 25.5. The Morgan fingerprint density at radius 2 is 0.988 bits per heavy atom. The minimum atomic E-state index is -1.14. The van der Waals surface area contributed by atoms with E-state index in [0.717, 1.165) is 48.9 Å². The van der Waals surface area contributed by atoms with Crippen LogP contribution >= 0.6 is 0 Å². The molecular weight excluding hydrogens is 1060 g/mol. The maximum Gasteiger partial charge on any atom is 0.339 e. The van der Waals surface area contributed by atoms with Crippen molar-refractivity contribution in [2.24, 2.45) is 5.92 Å². The number of aromatic hydroxyl groups is 7. The van der Waals surface area contributed by atoms with Crippen LogP contribution < -0.4 is 18.9 Å². The van der Waals surface area contributed by atoms with E-state index >= 15 is 0 Å². The summed E-state index contributed by atoms with van der Waals surface area (Å²) >= 11 is 0. The van der Waals surface area contributed by atoms with Crippen molar-refractivity contribution < 1.29 is 88.9 Å². The van der Waals surface area contributed by atoms with Gasteiger partial charge in [0, 0.05) is 12.8 Å². The molecule has 0 radical (unpaired) electrons. The number of methoxy groups -OCH3 is 4. The highest BCUT2D eigenvalue weighted by atomic mass is 16.5. The van der Waals surface area contributed by atoms with Crippen LogP contribution in [-0.4, -0.2) is 104 Å². The third-order valence-corrected chi connectivity index (χ3v) is 11.2. The fourth-order valence-corrected chi connectivity index (χ4v) is 6.83. The van der Waals surface area contributed by atoms with E-state index in [0.29, 0.717) is 65.1 Å². The predicted molar refractivity (Wildman–Crippen MR) is 313 cm³/mol. The molecule has 0 amide bonds. The lowest BCUT2D eigenvalue weighted by Crippen LogP contribution is -2.01. The van der Waals surface area contributed by atoms with Crippen LogP contribution in [0, 0.1) is 5.92 Å². The highest BCUT2D eigenvalue weighted by Crippen LogP contribution is 2.30. The van der Waals surface area contributed by atoms with Crippen molar-refractivity contribution in [3.05, 3.63) is 186 Å². The summed E-state index contributed by atoms with van der Waals surface area (Å²) in [5.41, 5.74) is 3.31. The number of ketones is 3. The Kier molecular flexibility index (Phi) is 30.7. The van der Waals surface area contributed by atoms with E-state index in [-0.39, 0.29) is 63.6 Å². The Balaban J connectivity index is 0.000000371. The summed E-state index contributed by atoms with van der Waals surface area (Å²) in [5.74, 6) is -1.11. The number of allylic oxidation sites excluding steroid dienone is 5. The molecular formula is C64H72O18. The second-order valence-electron chi connectivity index (χ2n) is 17.9. The number of hydrogen-bond donors (Lipinski definition) is 9. The van der Waals surface area contributed by atoms with Crippen LogP contribution in [0.15, 0.2) is 152 Å². The van der Waals surface area contributed by atoms with Crippen LogP contribution in [0.1, 0.15) is 95.3 Å². The van der Waals surface area contributed by atoms with Crippen LogP contribution in [0.4, 0.5) is 0 Å². The number of phenolic OH excluding ortho intramolecular Hbond substituents is 6. The normalized spacial score (nSPS) is 10.4. The molecule has 0 fully saturated rings. The van der Waals surface area contributed by atoms with Gasteiger partial charge in [0.15, 0.2) is 69.1 Å². The van der Waals surface area contributed by atoms with Gasteiger partial charge in [-0.05, 0) is 151 Å². The monoisotopic (exact) mass is 1130 g/mol.